The lowest BCUT2D eigenvalue weighted by molar-refractivity contribution is -0.137. The van der Waals surface area contributed by atoms with E-state index in [1.165, 1.54) is 0 Å². The molecule has 4 atom stereocenters. The molecule has 0 aliphatic carbocycles. The van der Waals surface area contributed by atoms with Gasteiger partial charge in [-0.1, -0.05) is 20.8 Å². The highest BCUT2D eigenvalue weighted by Gasteiger charge is 2.41. The molecule has 0 radical (unpaired) electrons. The average Bonchev–Trinajstić information content (AvgIpc) is 3.33. The van der Waals surface area contributed by atoms with Crippen molar-refractivity contribution in [2.75, 3.05) is 50.0 Å². The zero-order chi connectivity index (χ0) is 33.1. The van der Waals surface area contributed by atoms with Crippen molar-refractivity contribution in [3.05, 3.63) is 40.5 Å². The Morgan fingerprint density at radius 1 is 1.13 bits per heavy atom. The molecule has 1 aromatic heterocycles. The molecule has 3 saturated heterocycles. The molecule has 3 fully saturated rings. The van der Waals surface area contributed by atoms with Gasteiger partial charge in [-0.25, -0.2) is 8.78 Å². The van der Waals surface area contributed by atoms with Gasteiger partial charge in [-0.15, -0.1) is 0 Å². The molecule has 0 spiro atoms. The van der Waals surface area contributed by atoms with E-state index in [4.69, 9.17) is 10.5 Å². The van der Waals surface area contributed by atoms with Crippen LogP contribution in [0.15, 0.2) is 12.1 Å². The number of nitriles is 1. The van der Waals surface area contributed by atoms with Gasteiger partial charge < -0.3 is 25.6 Å². The fraction of sp³-hybridized carbons (Fsp3) is 0.545. The number of ether oxygens (including phenoxy) is 1. The predicted molar refractivity (Wildman–Crippen MR) is 165 cm³/mol. The Kier molecular flexibility index (Phi) is 8.26. The van der Waals surface area contributed by atoms with Gasteiger partial charge in [0.25, 0.3) is 0 Å². The number of benzene rings is 2. The number of hydrogen-bond donors (Lipinski definition) is 2. The number of nitrogens with two attached hydrogens (primary N) is 1. The molecule has 0 amide bonds. The zero-order valence-corrected chi connectivity index (χ0v) is 26.4. The number of halogens is 5. The summed E-state index contributed by atoms with van der Waals surface area (Å²) >= 11 is 0. The maximum Gasteiger partial charge on any atom is 0.417 e. The lowest BCUT2D eigenvalue weighted by Gasteiger charge is -2.44. The molecule has 3 aromatic rings. The van der Waals surface area contributed by atoms with Gasteiger partial charge in [0.15, 0.2) is 5.82 Å². The van der Waals surface area contributed by atoms with Crippen LogP contribution in [-0.2, 0) is 6.18 Å². The van der Waals surface area contributed by atoms with E-state index < -0.39 is 45.6 Å². The fourth-order valence-corrected chi connectivity index (χ4v) is 7.40. The van der Waals surface area contributed by atoms with Gasteiger partial charge in [-0.05, 0) is 62.9 Å². The number of alkyl halides is 3. The minimum absolute atomic E-state index is 0.00879. The minimum atomic E-state index is -5.03. The van der Waals surface area contributed by atoms with Gasteiger partial charge in [0.2, 0.25) is 0 Å². The number of aryl methyl sites for hydroxylation is 1. The third kappa shape index (κ3) is 5.59. The summed E-state index contributed by atoms with van der Waals surface area (Å²) in [5.74, 6) is -2.06. The minimum Gasteiger partial charge on any atom is -0.463 e. The highest BCUT2D eigenvalue weighted by molar-refractivity contribution is 5.95. The molecule has 8 nitrogen and oxygen atoms in total. The Morgan fingerprint density at radius 3 is 2.46 bits per heavy atom. The Balaban J connectivity index is 1.54. The van der Waals surface area contributed by atoms with Crippen LogP contribution in [0.4, 0.5) is 33.5 Å². The van der Waals surface area contributed by atoms with Crippen molar-refractivity contribution in [3.8, 4) is 23.2 Å². The van der Waals surface area contributed by atoms with Crippen LogP contribution in [-0.4, -0.2) is 66.3 Å². The Morgan fingerprint density at radius 2 is 1.83 bits per heavy atom. The number of nitrogens with one attached hydrogen (secondary N) is 1. The van der Waals surface area contributed by atoms with E-state index in [9.17, 15) is 18.4 Å². The van der Waals surface area contributed by atoms with Crippen molar-refractivity contribution in [2.24, 2.45) is 11.3 Å². The Labute approximate surface area is 264 Å². The number of piperidine rings is 1. The first kappa shape index (κ1) is 32.2. The van der Waals surface area contributed by atoms with Crippen LogP contribution in [0.5, 0.6) is 6.01 Å². The van der Waals surface area contributed by atoms with Crippen molar-refractivity contribution in [1.82, 2.24) is 20.2 Å². The van der Waals surface area contributed by atoms with Crippen molar-refractivity contribution in [2.45, 2.75) is 65.2 Å². The maximum absolute atomic E-state index is 16.7. The molecule has 2 aromatic carbocycles. The summed E-state index contributed by atoms with van der Waals surface area (Å²) < 4.78 is 82.3. The van der Waals surface area contributed by atoms with Crippen molar-refractivity contribution in [1.29, 1.82) is 5.26 Å². The van der Waals surface area contributed by atoms with Crippen LogP contribution in [0, 0.1) is 41.2 Å². The van der Waals surface area contributed by atoms with Gasteiger partial charge in [0.1, 0.15) is 23.2 Å². The van der Waals surface area contributed by atoms with Crippen LogP contribution in [0.2, 0.25) is 0 Å². The molecule has 3 aliphatic heterocycles. The zero-order valence-electron chi connectivity index (χ0n) is 26.4. The van der Waals surface area contributed by atoms with Gasteiger partial charge >= 0.3 is 12.2 Å². The molecular weight excluding hydrogens is 605 g/mol. The summed E-state index contributed by atoms with van der Waals surface area (Å²) in [5.41, 5.74) is 0.619. The number of likely N-dealkylation sites (tertiary alicyclic amines) is 1. The van der Waals surface area contributed by atoms with Crippen molar-refractivity contribution >= 4 is 22.4 Å². The van der Waals surface area contributed by atoms with E-state index in [2.05, 4.69) is 41.0 Å². The summed E-state index contributed by atoms with van der Waals surface area (Å²) in [7, 11) is 0. The van der Waals surface area contributed by atoms with E-state index in [1.54, 1.807) is 6.07 Å². The lowest BCUT2D eigenvalue weighted by atomic mass is 9.74. The molecular formula is C33H38F5N7O. The standard InChI is InChI=1S/C33H38F5N7O/c1-5-44-9-8-18(3)32(4,15-44)16-46-31-42-29-21(30(43-31)45-13-19-6-7-20(14-45)41-19)11-23(34)26(28(29)35)25-22(12-39)24(40)10-17(2)27(25)33(36,37)38/h10-11,18-20,41H,5-9,13-16,40H2,1-4H3/t18-,19-,20+,32-/m0/s1. The number of anilines is 2. The molecule has 246 valence electrons. The van der Waals surface area contributed by atoms with E-state index in [0.29, 0.717) is 19.0 Å². The number of aromatic nitrogens is 2. The number of rotatable bonds is 6. The van der Waals surface area contributed by atoms with Gasteiger partial charge in [0.05, 0.1) is 29.0 Å². The molecule has 0 unspecified atom stereocenters. The first-order valence-electron chi connectivity index (χ1n) is 15.7. The first-order chi connectivity index (χ1) is 21.7. The van der Waals surface area contributed by atoms with Gasteiger partial charge in [0, 0.05) is 48.1 Å². The maximum atomic E-state index is 16.7. The molecule has 3 aliphatic rings. The quantitative estimate of drug-likeness (QED) is 0.248. The second kappa shape index (κ2) is 11.8. The number of hydrogen-bond acceptors (Lipinski definition) is 8. The SMILES string of the molecule is CCN1CC[C@H](C)[C@](C)(COc2nc(N3C[C@H]4CC[C@@H](C3)N4)c3cc(F)c(-c4c(C#N)c(N)cc(C)c4C(F)(F)F)c(F)c3n2)C1. The molecule has 13 heteroatoms. The topological polar surface area (TPSA) is 103 Å². The summed E-state index contributed by atoms with van der Waals surface area (Å²) in [6.45, 7) is 11.4. The molecule has 4 heterocycles. The van der Waals surface area contributed by atoms with Gasteiger partial charge in [-0.3, -0.25) is 0 Å². The van der Waals surface area contributed by atoms with Crippen molar-refractivity contribution in [3.63, 3.8) is 0 Å². The van der Waals surface area contributed by atoms with E-state index in [0.717, 1.165) is 58.0 Å². The Hall–Kier alpha value is -3.76. The van der Waals surface area contributed by atoms with E-state index >= 15 is 8.78 Å². The van der Waals surface area contributed by atoms with Crippen LogP contribution < -0.4 is 20.7 Å². The first-order valence-corrected chi connectivity index (χ1v) is 15.7. The molecule has 0 saturated carbocycles. The van der Waals surface area contributed by atoms with Crippen molar-refractivity contribution < 1.29 is 26.7 Å². The van der Waals surface area contributed by atoms with E-state index in [-0.39, 0.29) is 52.6 Å². The third-order valence-electron chi connectivity index (χ3n) is 10.2. The summed E-state index contributed by atoms with van der Waals surface area (Å²) in [6, 6.07) is 3.75. The number of piperazine rings is 1. The third-order valence-corrected chi connectivity index (χ3v) is 10.2. The Bertz CT molecular complexity index is 1710. The molecule has 3 N–H and O–H groups in total. The molecule has 46 heavy (non-hydrogen) atoms. The summed E-state index contributed by atoms with van der Waals surface area (Å²) in [4.78, 5) is 13.3. The predicted octanol–water partition coefficient (Wildman–Crippen LogP) is 6.04. The largest absolute Gasteiger partial charge is 0.463 e. The number of nitrogens with zero attached hydrogens (tertiary/aromatic N) is 5. The number of nitrogen functional groups attached to an aromatic ring is 1. The van der Waals surface area contributed by atoms with E-state index in [1.807, 2.05) is 4.90 Å². The van der Waals surface area contributed by atoms with Crippen LogP contribution in [0.25, 0.3) is 22.0 Å². The normalized spacial score (nSPS) is 25.2. The molecule has 2 bridgehead atoms. The number of fused-ring (bicyclic) bond motifs is 3. The van der Waals surface area contributed by atoms with Gasteiger partial charge in [-0.2, -0.15) is 28.4 Å². The average molecular weight is 644 g/mol. The second-order valence-electron chi connectivity index (χ2n) is 13.3. The van der Waals surface area contributed by atoms with Crippen LogP contribution in [0.1, 0.15) is 56.7 Å². The fourth-order valence-electron chi connectivity index (χ4n) is 7.40. The highest BCUT2D eigenvalue weighted by Crippen LogP contribution is 2.46. The van der Waals surface area contributed by atoms with Crippen LogP contribution in [0.3, 0.4) is 0 Å². The van der Waals surface area contributed by atoms with Crippen LogP contribution >= 0.6 is 0 Å². The summed E-state index contributed by atoms with van der Waals surface area (Å²) in [6.07, 6.45) is -2.18. The monoisotopic (exact) mass is 643 g/mol. The molecule has 6 rings (SSSR count). The second-order valence-corrected chi connectivity index (χ2v) is 13.3. The summed E-state index contributed by atoms with van der Waals surface area (Å²) in [5, 5.41) is 13.4. The highest BCUT2D eigenvalue weighted by atomic mass is 19.4. The smallest absolute Gasteiger partial charge is 0.417 e. The lowest BCUT2D eigenvalue weighted by Crippen LogP contribution is -2.51.